The highest BCUT2D eigenvalue weighted by atomic mass is 16.5. The Balaban J connectivity index is 2.58. The highest BCUT2D eigenvalue weighted by molar-refractivity contribution is 4.86. The quantitative estimate of drug-likeness (QED) is 0.767. The van der Waals surface area contributed by atoms with Crippen LogP contribution >= 0.6 is 0 Å². The second-order valence-electron chi connectivity index (χ2n) is 5.10. The fourth-order valence-corrected chi connectivity index (χ4v) is 2.27. The van der Waals surface area contributed by atoms with E-state index in [4.69, 9.17) is 4.74 Å². The van der Waals surface area contributed by atoms with Crippen molar-refractivity contribution < 1.29 is 4.74 Å². The zero-order valence-electron chi connectivity index (χ0n) is 10.7. The number of hydrogen-bond donors (Lipinski definition) is 1. The summed E-state index contributed by atoms with van der Waals surface area (Å²) in [6, 6.07) is 0.642. The molecule has 0 saturated carbocycles. The number of nitrogens with one attached hydrogen (secondary N) is 1. The molecule has 1 N–H and O–H groups in total. The highest BCUT2D eigenvalue weighted by Crippen LogP contribution is 2.17. The maximum atomic E-state index is 5.31. The standard InChI is InChI=1S/C12H26N2O/c1-5-11-9-14(8-6-7-13-11)12(2,3)10-15-4/h11,13H,5-10H2,1-4H3. The SMILES string of the molecule is CCC1CN(C(C)(C)COC)CCCN1. The van der Waals surface area contributed by atoms with Crippen molar-refractivity contribution in [3.05, 3.63) is 0 Å². The lowest BCUT2D eigenvalue weighted by atomic mass is 10.0. The molecule has 90 valence electrons. The molecule has 3 heteroatoms. The predicted octanol–water partition coefficient (Wildman–Crippen LogP) is 1.49. The monoisotopic (exact) mass is 214 g/mol. The first-order valence-electron chi connectivity index (χ1n) is 6.07. The van der Waals surface area contributed by atoms with Crippen LogP contribution in [0.4, 0.5) is 0 Å². The van der Waals surface area contributed by atoms with E-state index in [1.807, 2.05) is 0 Å². The molecule has 1 heterocycles. The van der Waals surface area contributed by atoms with Gasteiger partial charge in [0.15, 0.2) is 0 Å². The van der Waals surface area contributed by atoms with Gasteiger partial charge in [-0.2, -0.15) is 0 Å². The lowest BCUT2D eigenvalue weighted by Crippen LogP contribution is -2.50. The van der Waals surface area contributed by atoms with E-state index >= 15 is 0 Å². The predicted molar refractivity (Wildman–Crippen MR) is 64.2 cm³/mol. The normalized spacial score (nSPS) is 25.2. The van der Waals surface area contributed by atoms with Gasteiger partial charge in [0.25, 0.3) is 0 Å². The van der Waals surface area contributed by atoms with Gasteiger partial charge in [0.1, 0.15) is 0 Å². The van der Waals surface area contributed by atoms with Gasteiger partial charge in [-0.25, -0.2) is 0 Å². The van der Waals surface area contributed by atoms with Gasteiger partial charge >= 0.3 is 0 Å². The van der Waals surface area contributed by atoms with Crippen LogP contribution in [0.5, 0.6) is 0 Å². The Labute approximate surface area is 94.2 Å². The Kier molecular flexibility index (Phi) is 5.03. The maximum absolute atomic E-state index is 5.31. The van der Waals surface area contributed by atoms with Gasteiger partial charge in [-0.1, -0.05) is 6.92 Å². The van der Waals surface area contributed by atoms with Crippen LogP contribution in [0.15, 0.2) is 0 Å². The molecule has 1 saturated heterocycles. The molecule has 0 bridgehead atoms. The molecule has 1 unspecified atom stereocenters. The van der Waals surface area contributed by atoms with Crippen LogP contribution in [0, 0.1) is 0 Å². The summed E-state index contributed by atoms with van der Waals surface area (Å²) < 4.78 is 5.31. The van der Waals surface area contributed by atoms with Gasteiger partial charge in [0.05, 0.1) is 6.61 Å². The highest BCUT2D eigenvalue weighted by Gasteiger charge is 2.29. The Morgan fingerprint density at radius 1 is 1.47 bits per heavy atom. The summed E-state index contributed by atoms with van der Waals surface area (Å²) in [7, 11) is 1.79. The van der Waals surface area contributed by atoms with E-state index in [-0.39, 0.29) is 5.54 Å². The van der Waals surface area contributed by atoms with Gasteiger partial charge in [-0.3, -0.25) is 4.90 Å². The van der Waals surface area contributed by atoms with Gasteiger partial charge < -0.3 is 10.1 Å². The number of nitrogens with zero attached hydrogens (tertiary/aromatic N) is 1. The van der Waals surface area contributed by atoms with Crippen LogP contribution in [-0.4, -0.2) is 49.8 Å². The minimum Gasteiger partial charge on any atom is -0.383 e. The molecule has 1 fully saturated rings. The average molecular weight is 214 g/mol. The maximum Gasteiger partial charge on any atom is 0.0641 e. The molecule has 1 atom stereocenters. The Morgan fingerprint density at radius 2 is 2.20 bits per heavy atom. The van der Waals surface area contributed by atoms with E-state index in [1.54, 1.807) is 7.11 Å². The fraction of sp³-hybridized carbons (Fsp3) is 1.00. The molecule has 3 nitrogen and oxygen atoms in total. The van der Waals surface area contributed by atoms with Crippen molar-refractivity contribution >= 4 is 0 Å². The van der Waals surface area contributed by atoms with Crippen molar-refractivity contribution in [2.45, 2.75) is 45.2 Å². The van der Waals surface area contributed by atoms with Crippen LogP contribution in [0.25, 0.3) is 0 Å². The average Bonchev–Trinajstić information content (AvgIpc) is 2.42. The molecule has 0 aromatic carbocycles. The third-order valence-electron chi connectivity index (χ3n) is 3.33. The van der Waals surface area contributed by atoms with E-state index in [2.05, 4.69) is 31.0 Å². The molecule has 0 radical (unpaired) electrons. The minimum absolute atomic E-state index is 0.161. The Morgan fingerprint density at radius 3 is 2.80 bits per heavy atom. The number of rotatable bonds is 4. The third-order valence-corrected chi connectivity index (χ3v) is 3.33. The number of ether oxygens (including phenoxy) is 1. The zero-order chi connectivity index (χ0) is 11.3. The molecule has 0 spiro atoms. The summed E-state index contributed by atoms with van der Waals surface area (Å²) in [5.41, 5.74) is 0.161. The topological polar surface area (TPSA) is 24.5 Å². The summed E-state index contributed by atoms with van der Waals surface area (Å²) in [6.45, 7) is 11.1. The van der Waals surface area contributed by atoms with E-state index in [0.29, 0.717) is 6.04 Å². The molecule has 1 aliphatic heterocycles. The summed E-state index contributed by atoms with van der Waals surface area (Å²) in [4.78, 5) is 2.56. The number of methoxy groups -OCH3 is 1. The smallest absolute Gasteiger partial charge is 0.0641 e. The first-order valence-corrected chi connectivity index (χ1v) is 6.07. The van der Waals surface area contributed by atoms with Crippen molar-refractivity contribution in [3.8, 4) is 0 Å². The molecule has 0 aromatic heterocycles. The second kappa shape index (κ2) is 5.83. The summed E-state index contributed by atoms with van der Waals surface area (Å²) in [5.74, 6) is 0. The first kappa shape index (κ1) is 12.9. The van der Waals surface area contributed by atoms with Gasteiger partial charge in [-0.05, 0) is 33.2 Å². The van der Waals surface area contributed by atoms with Crippen LogP contribution in [-0.2, 0) is 4.74 Å². The van der Waals surface area contributed by atoms with Crippen molar-refractivity contribution in [3.63, 3.8) is 0 Å². The molecule has 0 amide bonds. The zero-order valence-corrected chi connectivity index (χ0v) is 10.7. The van der Waals surface area contributed by atoms with E-state index in [9.17, 15) is 0 Å². The van der Waals surface area contributed by atoms with Crippen LogP contribution in [0.3, 0.4) is 0 Å². The van der Waals surface area contributed by atoms with E-state index in [0.717, 1.165) is 19.7 Å². The first-order chi connectivity index (χ1) is 7.10. The summed E-state index contributed by atoms with van der Waals surface area (Å²) in [6.07, 6.45) is 2.45. The van der Waals surface area contributed by atoms with E-state index in [1.165, 1.54) is 19.4 Å². The molecular formula is C12H26N2O. The van der Waals surface area contributed by atoms with Gasteiger partial charge in [-0.15, -0.1) is 0 Å². The number of hydrogen-bond acceptors (Lipinski definition) is 3. The van der Waals surface area contributed by atoms with Crippen LogP contribution < -0.4 is 5.32 Å². The van der Waals surface area contributed by atoms with Crippen molar-refractivity contribution in [1.82, 2.24) is 10.2 Å². The Bertz CT molecular complexity index is 182. The third kappa shape index (κ3) is 3.74. The fourth-order valence-electron chi connectivity index (χ4n) is 2.27. The summed E-state index contributed by atoms with van der Waals surface area (Å²) >= 11 is 0. The van der Waals surface area contributed by atoms with Crippen molar-refractivity contribution in [2.24, 2.45) is 0 Å². The van der Waals surface area contributed by atoms with Crippen molar-refractivity contribution in [2.75, 3.05) is 33.4 Å². The largest absolute Gasteiger partial charge is 0.383 e. The lowest BCUT2D eigenvalue weighted by molar-refractivity contribution is 0.0324. The molecule has 1 aliphatic rings. The van der Waals surface area contributed by atoms with Crippen LogP contribution in [0.1, 0.15) is 33.6 Å². The molecular weight excluding hydrogens is 188 g/mol. The summed E-state index contributed by atoms with van der Waals surface area (Å²) in [5, 5.41) is 3.59. The van der Waals surface area contributed by atoms with Gasteiger partial charge in [0.2, 0.25) is 0 Å². The molecule has 15 heavy (non-hydrogen) atoms. The Hall–Kier alpha value is -0.120. The molecule has 1 rings (SSSR count). The van der Waals surface area contributed by atoms with E-state index < -0.39 is 0 Å². The van der Waals surface area contributed by atoms with Gasteiger partial charge in [0, 0.05) is 31.8 Å². The molecule has 0 aliphatic carbocycles. The van der Waals surface area contributed by atoms with Crippen molar-refractivity contribution in [1.29, 1.82) is 0 Å². The van der Waals surface area contributed by atoms with Crippen LogP contribution in [0.2, 0.25) is 0 Å². The molecule has 0 aromatic rings. The second-order valence-corrected chi connectivity index (χ2v) is 5.10. The minimum atomic E-state index is 0.161. The lowest BCUT2D eigenvalue weighted by Gasteiger charge is -2.38.